The van der Waals surface area contributed by atoms with E-state index in [1.54, 1.807) is 0 Å². The highest BCUT2D eigenvalue weighted by atomic mass is 32.2. The number of hydrogen-bond acceptors (Lipinski definition) is 5. The average Bonchev–Trinajstić information content (AvgIpc) is 2.81. The zero-order valence-corrected chi connectivity index (χ0v) is 14.4. The van der Waals surface area contributed by atoms with Gasteiger partial charge in [0.05, 0.1) is 11.1 Å². The molecular weight excluding hydrogens is 387 g/mol. The zero-order valence-electron chi connectivity index (χ0n) is 13.6. The van der Waals surface area contributed by atoms with Gasteiger partial charge in [-0.1, -0.05) is 24.3 Å². The van der Waals surface area contributed by atoms with E-state index in [1.807, 2.05) is 0 Å². The third kappa shape index (κ3) is 3.65. The van der Waals surface area contributed by atoms with Crippen LogP contribution in [-0.4, -0.2) is 31.1 Å². The van der Waals surface area contributed by atoms with Crippen LogP contribution in [0.25, 0.3) is 0 Å². The van der Waals surface area contributed by atoms with Gasteiger partial charge in [0, 0.05) is 0 Å². The predicted molar refractivity (Wildman–Crippen MR) is 85.9 cm³/mol. The molecule has 0 atom stereocenters. The third-order valence-corrected chi connectivity index (χ3v) is 5.65. The second-order valence-electron chi connectivity index (χ2n) is 5.67. The Bertz CT molecular complexity index is 1000. The molecular formula is C17H12F3NO5S. The van der Waals surface area contributed by atoms with Crippen molar-refractivity contribution in [2.45, 2.75) is 17.7 Å². The molecule has 10 heteroatoms. The van der Waals surface area contributed by atoms with Crippen LogP contribution in [0.5, 0.6) is 0 Å². The van der Waals surface area contributed by atoms with Gasteiger partial charge in [-0.15, -0.1) is 0 Å². The highest BCUT2D eigenvalue weighted by Gasteiger charge is 2.42. The number of halogens is 3. The van der Waals surface area contributed by atoms with Gasteiger partial charge in [0.25, 0.3) is 15.9 Å². The lowest BCUT2D eigenvalue weighted by atomic mass is 10.1. The van der Waals surface area contributed by atoms with Crippen molar-refractivity contribution in [1.29, 1.82) is 0 Å². The van der Waals surface area contributed by atoms with Crippen LogP contribution in [0.2, 0.25) is 0 Å². The van der Waals surface area contributed by atoms with Crippen molar-refractivity contribution >= 4 is 21.9 Å². The number of carbonyl (C=O) groups excluding carboxylic acids is 2. The quantitative estimate of drug-likeness (QED) is 0.739. The summed E-state index contributed by atoms with van der Waals surface area (Å²) in [7, 11) is -4.14. The summed E-state index contributed by atoms with van der Waals surface area (Å²) >= 11 is 0. The molecule has 6 nitrogen and oxygen atoms in total. The minimum absolute atomic E-state index is 0.0342. The van der Waals surface area contributed by atoms with Crippen molar-refractivity contribution in [1.82, 2.24) is 4.31 Å². The minimum atomic E-state index is -4.48. The van der Waals surface area contributed by atoms with Gasteiger partial charge < -0.3 is 4.74 Å². The Labute approximate surface area is 152 Å². The van der Waals surface area contributed by atoms with Crippen LogP contribution in [0.1, 0.15) is 21.5 Å². The van der Waals surface area contributed by atoms with Crippen molar-refractivity contribution in [3.63, 3.8) is 0 Å². The number of carbonyl (C=O) groups is 2. The summed E-state index contributed by atoms with van der Waals surface area (Å²) in [6.07, 6.45) is -4.48. The number of alkyl halides is 3. The smallest absolute Gasteiger partial charge is 0.416 e. The molecule has 0 bridgehead atoms. The van der Waals surface area contributed by atoms with Gasteiger partial charge >= 0.3 is 12.1 Å². The normalized spacial score (nSPS) is 15.5. The van der Waals surface area contributed by atoms with Crippen molar-refractivity contribution < 1.29 is 35.9 Å². The van der Waals surface area contributed by atoms with Crippen LogP contribution >= 0.6 is 0 Å². The fourth-order valence-electron chi connectivity index (χ4n) is 2.50. The van der Waals surface area contributed by atoms with E-state index in [2.05, 4.69) is 0 Å². The highest BCUT2D eigenvalue weighted by Crippen LogP contribution is 2.30. The Hall–Kier alpha value is -2.88. The molecule has 0 aliphatic carbocycles. The standard InChI is InChI=1S/C17H12F3NO5S/c18-17(19,20)12-7-5-11(6-8-12)10-26-15(22)9-21-16(23)13-3-1-2-4-14(13)27(21,24)25/h1-8H,9-10H2. The molecule has 27 heavy (non-hydrogen) atoms. The molecule has 0 aromatic heterocycles. The first-order chi connectivity index (χ1) is 12.6. The van der Waals surface area contributed by atoms with E-state index in [0.717, 1.165) is 24.3 Å². The summed E-state index contributed by atoms with van der Waals surface area (Å²) in [5, 5.41) is 0. The second kappa shape index (κ2) is 6.69. The summed E-state index contributed by atoms with van der Waals surface area (Å²) in [5.74, 6) is -1.84. The topological polar surface area (TPSA) is 80.8 Å². The molecule has 3 rings (SSSR count). The monoisotopic (exact) mass is 399 g/mol. The van der Waals surface area contributed by atoms with Crippen LogP contribution in [0, 0.1) is 0 Å². The van der Waals surface area contributed by atoms with Crippen molar-refractivity contribution in [3.8, 4) is 0 Å². The number of hydrogen-bond donors (Lipinski definition) is 0. The van der Waals surface area contributed by atoms with Gasteiger partial charge in [-0.05, 0) is 29.8 Å². The number of benzene rings is 2. The summed E-state index contributed by atoms with van der Waals surface area (Å²) < 4.78 is 67.5. The number of fused-ring (bicyclic) bond motifs is 1. The first-order valence-electron chi connectivity index (χ1n) is 7.58. The third-order valence-electron chi connectivity index (χ3n) is 3.87. The largest absolute Gasteiger partial charge is 0.459 e. The molecule has 0 saturated carbocycles. The lowest BCUT2D eigenvalue weighted by Gasteiger charge is -2.14. The van der Waals surface area contributed by atoms with Crippen molar-refractivity contribution in [3.05, 3.63) is 65.2 Å². The fourth-order valence-corrected chi connectivity index (χ4v) is 4.02. The van der Waals surface area contributed by atoms with Gasteiger partial charge in [-0.25, -0.2) is 12.7 Å². The van der Waals surface area contributed by atoms with E-state index >= 15 is 0 Å². The summed E-state index contributed by atoms with van der Waals surface area (Å²) in [6.45, 7) is -1.18. The molecule has 1 aliphatic heterocycles. The Morgan fingerprint density at radius 1 is 1.04 bits per heavy atom. The van der Waals surface area contributed by atoms with E-state index in [0.29, 0.717) is 4.31 Å². The number of amides is 1. The maximum absolute atomic E-state index is 12.5. The van der Waals surface area contributed by atoms with Gasteiger partial charge in [-0.3, -0.25) is 9.59 Å². The Morgan fingerprint density at radius 3 is 2.26 bits per heavy atom. The molecule has 0 radical (unpaired) electrons. The van der Waals surface area contributed by atoms with Gasteiger partial charge in [-0.2, -0.15) is 13.2 Å². The van der Waals surface area contributed by atoms with E-state index in [4.69, 9.17) is 4.74 Å². The molecule has 0 N–H and O–H groups in total. The zero-order chi connectivity index (χ0) is 19.8. The van der Waals surface area contributed by atoms with Gasteiger partial charge in [0.1, 0.15) is 18.0 Å². The van der Waals surface area contributed by atoms with Gasteiger partial charge in [0.2, 0.25) is 0 Å². The van der Waals surface area contributed by atoms with Crippen LogP contribution in [0.3, 0.4) is 0 Å². The van der Waals surface area contributed by atoms with Crippen LogP contribution < -0.4 is 0 Å². The number of esters is 1. The van der Waals surface area contributed by atoms with Crippen LogP contribution in [-0.2, 0) is 32.3 Å². The lowest BCUT2D eigenvalue weighted by molar-refractivity contribution is -0.145. The van der Waals surface area contributed by atoms with Crippen LogP contribution in [0.4, 0.5) is 13.2 Å². The Morgan fingerprint density at radius 2 is 1.67 bits per heavy atom. The van der Waals surface area contributed by atoms with E-state index in [-0.39, 0.29) is 22.6 Å². The van der Waals surface area contributed by atoms with Crippen molar-refractivity contribution in [2.24, 2.45) is 0 Å². The summed E-state index contributed by atoms with van der Waals surface area (Å²) in [5.41, 5.74) is -0.590. The van der Waals surface area contributed by atoms with Gasteiger partial charge in [0.15, 0.2) is 0 Å². The molecule has 1 aliphatic rings. The molecule has 1 amide bonds. The Kier molecular flexibility index (Phi) is 4.68. The Balaban J connectivity index is 1.64. The number of ether oxygens (including phenoxy) is 1. The maximum atomic E-state index is 12.5. The molecule has 0 unspecified atom stereocenters. The predicted octanol–water partition coefficient (Wildman–Crippen LogP) is 2.59. The number of sulfonamides is 1. The number of nitrogens with zero attached hydrogens (tertiary/aromatic N) is 1. The second-order valence-corrected chi connectivity index (χ2v) is 7.50. The first-order valence-corrected chi connectivity index (χ1v) is 9.02. The summed E-state index contributed by atoms with van der Waals surface area (Å²) in [6, 6.07) is 9.52. The van der Waals surface area contributed by atoms with Crippen molar-refractivity contribution in [2.75, 3.05) is 6.54 Å². The fraction of sp³-hybridized carbons (Fsp3) is 0.176. The van der Waals surface area contributed by atoms with E-state index < -0.39 is 40.2 Å². The SMILES string of the molecule is O=C(CN1C(=O)c2ccccc2S1(=O)=O)OCc1ccc(C(F)(F)F)cc1. The number of rotatable bonds is 4. The molecule has 142 valence electrons. The molecule has 0 spiro atoms. The van der Waals surface area contributed by atoms with E-state index in [1.165, 1.54) is 24.3 Å². The summed E-state index contributed by atoms with van der Waals surface area (Å²) in [4.78, 5) is 23.9. The highest BCUT2D eigenvalue weighted by molar-refractivity contribution is 7.90. The molecule has 0 fully saturated rings. The molecule has 1 heterocycles. The van der Waals surface area contributed by atoms with E-state index in [9.17, 15) is 31.2 Å². The maximum Gasteiger partial charge on any atom is 0.416 e. The molecule has 0 saturated heterocycles. The average molecular weight is 399 g/mol. The first kappa shape index (κ1) is 18.9. The van der Waals surface area contributed by atoms with Crippen LogP contribution in [0.15, 0.2) is 53.4 Å². The molecule has 2 aromatic rings. The minimum Gasteiger partial charge on any atom is -0.459 e. The lowest BCUT2D eigenvalue weighted by Crippen LogP contribution is -2.35. The molecule has 2 aromatic carbocycles.